The van der Waals surface area contributed by atoms with Crippen LogP contribution in [0, 0.1) is 0 Å². The Hall–Kier alpha value is -1.54. The molecule has 5 atom stereocenters. The molecule has 2 aromatic rings. The standard InChI is InChI=1S/C22H30O5Si/c1-22(2,3)28(15-10-6-4-7-11-15,16-12-8-5-9-13-16)21-20(26)19(25)18(24)17(14-23)27-21/h4-13,17-21,23-26H,14H2,1-3H3/t17-,18-,19+,20-,21?/m1/s1. The third kappa shape index (κ3) is 3.34. The molecule has 4 N–H and O–H groups in total. The molecule has 1 heterocycles. The van der Waals surface area contributed by atoms with Gasteiger partial charge < -0.3 is 25.2 Å². The zero-order valence-corrected chi connectivity index (χ0v) is 17.6. The molecule has 0 aromatic heterocycles. The Balaban J connectivity index is 2.30. The van der Waals surface area contributed by atoms with Crippen molar-refractivity contribution in [2.24, 2.45) is 0 Å². The van der Waals surface area contributed by atoms with Gasteiger partial charge in [-0.2, -0.15) is 0 Å². The Morgan fingerprint density at radius 1 is 0.786 bits per heavy atom. The predicted molar refractivity (Wildman–Crippen MR) is 111 cm³/mol. The summed E-state index contributed by atoms with van der Waals surface area (Å²) in [6.07, 6.45) is -4.96. The highest BCUT2D eigenvalue weighted by atomic mass is 28.3. The van der Waals surface area contributed by atoms with Crippen molar-refractivity contribution in [2.45, 2.75) is 56.0 Å². The van der Waals surface area contributed by atoms with Gasteiger partial charge in [-0.3, -0.25) is 0 Å². The molecule has 0 spiro atoms. The fourth-order valence-electron chi connectivity index (χ4n) is 4.65. The average Bonchev–Trinajstić information content (AvgIpc) is 2.69. The summed E-state index contributed by atoms with van der Waals surface area (Å²) in [6, 6.07) is 20.0. The van der Waals surface area contributed by atoms with Gasteiger partial charge in [0.25, 0.3) is 0 Å². The Labute approximate surface area is 167 Å². The summed E-state index contributed by atoms with van der Waals surface area (Å²) in [6.45, 7) is 5.95. The van der Waals surface area contributed by atoms with Crippen molar-refractivity contribution >= 4 is 18.4 Å². The lowest BCUT2D eigenvalue weighted by molar-refractivity contribution is -0.210. The number of aliphatic hydroxyl groups excluding tert-OH is 4. The van der Waals surface area contributed by atoms with Crippen LogP contribution in [0.25, 0.3) is 0 Å². The van der Waals surface area contributed by atoms with Crippen molar-refractivity contribution in [3.8, 4) is 0 Å². The fraction of sp³-hybridized carbons (Fsp3) is 0.455. The van der Waals surface area contributed by atoms with Gasteiger partial charge in [0.15, 0.2) is 8.07 Å². The summed E-state index contributed by atoms with van der Waals surface area (Å²) in [7, 11) is -2.90. The quantitative estimate of drug-likeness (QED) is 0.557. The topological polar surface area (TPSA) is 90.2 Å². The van der Waals surface area contributed by atoms with E-state index >= 15 is 0 Å². The number of rotatable bonds is 4. The van der Waals surface area contributed by atoms with Crippen LogP contribution in [0.2, 0.25) is 5.04 Å². The van der Waals surface area contributed by atoms with Gasteiger partial charge in [-0.25, -0.2) is 0 Å². The largest absolute Gasteiger partial charge is 0.394 e. The first-order chi connectivity index (χ1) is 13.2. The fourth-order valence-corrected chi connectivity index (χ4v) is 10.8. The summed E-state index contributed by atoms with van der Waals surface area (Å²) >= 11 is 0. The van der Waals surface area contributed by atoms with Crippen LogP contribution in [0.3, 0.4) is 0 Å². The van der Waals surface area contributed by atoms with Crippen LogP contribution < -0.4 is 10.4 Å². The number of benzene rings is 2. The Morgan fingerprint density at radius 2 is 1.25 bits per heavy atom. The molecule has 0 radical (unpaired) electrons. The minimum atomic E-state index is -2.90. The molecular formula is C22H30O5Si. The highest BCUT2D eigenvalue weighted by molar-refractivity contribution is 7.05. The number of aliphatic hydroxyl groups is 4. The van der Waals surface area contributed by atoms with Gasteiger partial charge >= 0.3 is 0 Å². The van der Waals surface area contributed by atoms with Gasteiger partial charge in [-0.1, -0.05) is 91.8 Å². The van der Waals surface area contributed by atoms with Gasteiger partial charge in [-0.15, -0.1) is 0 Å². The SMILES string of the molecule is CC(C)(C)[Si](c1ccccc1)(c1ccccc1)C1O[C@H](CO)[C@@H](O)[C@H](O)[C@H]1O. The van der Waals surface area contributed by atoms with Crippen molar-refractivity contribution in [1.82, 2.24) is 0 Å². The summed E-state index contributed by atoms with van der Waals surface area (Å²) < 4.78 is 6.18. The van der Waals surface area contributed by atoms with Gasteiger partial charge in [0, 0.05) is 0 Å². The van der Waals surface area contributed by atoms with E-state index in [-0.39, 0.29) is 5.04 Å². The van der Waals surface area contributed by atoms with E-state index in [0.717, 1.165) is 10.4 Å². The molecule has 1 aliphatic heterocycles. The number of hydrogen-bond donors (Lipinski definition) is 4. The summed E-state index contributed by atoms with van der Waals surface area (Å²) in [5.41, 5.74) is -0.743. The maximum absolute atomic E-state index is 11.1. The van der Waals surface area contributed by atoms with Crippen molar-refractivity contribution in [3.05, 3.63) is 60.7 Å². The summed E-state index contributed by atoms with van der Waals surface area (Å²) in [5.74, 6) is 0. The normalized spacial score (nSPS) is 28.9. The monoisotopic (exact) mass is 402 g/mol. The molecule has 0 aliphatic carbocycles. The Morgan fingerprint density at radius 3 is 1.64 bits per heavy atom. The molecule has 1 unspecified atom stereocenters. The van der Waals surface area contributed by atoms with E-state index in [0.29, 0.717) is 0 Å². The Kier molecular flexibility index (Phi) is 6.10. The first kappa shape index (κ1) is 21.2. The van der Waals surface area contributed by atoms with Crippen molar-refractivity contribution < 1.29 is 25.2 Å². The first-order valence-corrected chi connectivity index (χ1v) is 11.7. The zero-order valence-electron chi connectivity index (χ0n) is 16.6. The molecule has 6 heteroatoms. The van der Waals surface area contributed by atoms with E-state index in [1.807, 2.05) is 60.7 Å². The van der Waals surface area contributed by atoms with Gasteiger partial charge in [-0.05, 0) is 5.04 Å². The minimum Gasteiger partial charge on any atom is -0.394 e. The van der Waals surface area contributed by atoms with E-state index in [1.165, 1.54) is 0 Å². The molecule has 152 valence electrons. The van der Waals surface area contributed by atoms with E-state index in [9.17, 15) is 20.4 Å². The minimum absolute atomic E-state index is 0.302. The average molecular weight is 403 g/mol. The lowest BCUT2D eigenvalue weighted by Gasteiger charge is -2.54. The maximum atomic E-state index is 11.1. The van der Waals surface area contributed by atoms with Crippen LogP contribution >= 0.6 is 0 Å². The molecule has 2 aromatic carbocycles. The number of hydrogen-bond acceptors (Lipinski definition) is 5. The smallest absolute Gasteiger partial charge is 0.157 e. The van der Waals surface area contributed by atoms with Crippen molar-refractivity contribution in [1.29, 1.82) is 0 Å². The molecular weight excluding hydrogens is 372 g/mol. The van der Waals surface area contributed by atoms with Crippen LogP contribution in [0.4, 0.5) is 0 Å². The lowest BCUT2D eigenvalue weighted by Crippen LogP contribution is -2.78. The van der Waals surface area contributed by atoms with E-state index in [4.69, 9.17) is 4.74 Å². The Bertz CT molecular complexity index is 720. The first-order valence-electron chi connectivity index (χ1n) is 9.66. The molecule has 28 heavy (non-hydrogen) atoms. The van der Waals surface area contributed by atoms with Crippen LogP contribution in [0.5, 0.6) is 0 Å². The second kappa shape index (κ2) is 8.06. The van der Waals surface area contributed by atoms with E-state index < -0.39 is 44.8 Å². The molecule has 0 amide bonds. The van der Waals surface area contributed by atoms with Gasteiger partial charge in [0.2, 0.25) is 0 Å². The molecule has 3 rings (SSSR count). The highest BCUT2D eigenvalue weighted by Crippen LogP contribution is 2.42. The summed E-state index contributed by atoms with van der Waals surface area (Å²) in [4.78, 5) is 0. The third-order valence-electron chi connectivity index (χ3n) is 5.96. The second-order valence-corrected chi connectivity index (χ2v) is 13.4. The van der Waals surface area contributed by atoms with Crippen molar-refractivity contribution in [3.63, 3.8) is 0 Å². The summed E-state index contributed by atoms with van der Waals surface area (Å²) in [5, 5.41) is 43.5. The lowest BCUT2D eigenvalue weighted by atomic mass is 10.0. The van der Waals surface area contributed by atoms with Crippen LogP contribution in [0.1, 0.15) is 20.8 Å². The van der Waals surface area contributed by atoms with Crippen LogP contribution in [-0.4, -0.2) is 65.2 Å². The number of ether oxygens (including phenoxy) is 1. The second-order valence-electron chi connectivity index (χ2n) is 8.54. The predicted octanol–water partition coefficient (Wildman–Crippen LogP) is 0.431. The molecule has 1 aliphatic rings. The van der Waals surface area contributed by atoms with E-state index in [1.54, 1.807) is 0 Å². The van der Waals surface area contributed by atoms with Gasteiger partial charge in [0.1, 0.15) is 24.4 Å². The van der Waals surface area contributed by atoms with Crippen LogP contribution in [-0.2, 0) is 4.74 Å². The molecule has 0 bridgehead atoms. The molecule has 1 saturated heterocycles. The maximum Gasteiger partial charge on any atom is 0.157 e. The van der Waals surface area contributed by atoms with Crippen LogP contribution in [0.15, 0.2) is 60.7 Å². The molecule has 1 fully saturated rings. The molecule has 0 saturated carbocycles. The zero-order chi connectivity index (χ0) is 20.5. The third-order valence-corrected chi connectivity index (χ3v) is 12.1. The highest BCUT2D eigenvalue weighted by Gasteiger charge is 2.60. The van der Waals surface area contributed by atoms with E-state index in [2.05, 4.69) is 20.8 Å². The van der Waals surface area contributed by atoms with Gasteiger partial charge in [0.05, 0.1) is 12.3 Å². The van der Waals surface area contributed by atoms with Crippen molar-refractivity contribution in [2.75, 3.05) is 6.61 Å². The molecule has 5 nitrogen and oxygen atoms in total.